The summed E-state index contributed by atoms with van der Waals surface area (Å²) in [5.74, 6) is 0. The van der Waals surface area contributed by atoms with Gasteiger partial charge in [0.15, 0.2) is 0 Å². The highest BCUT2D eigenvalue weighted by molar-refractivity contribution is 5.62. The smallest absolute Gasteiger partial charge is 0.117 e. The van der Waals surface area contributed by atoms with Gasteiger partial charge in [0.25, 0.3) is 0 Å². The molecule has 1 atom stereocenters. The molecule has 64 valence electrons. The Bertz CT molecular complexity index is 233. The van der Waals surface area contributed by atoms with E-state index in [0.717, 1.165) is 5.56 Å². The molecule has 0 amide bonds. The lowest BCUT2D eigenvalue weighted by atomic mass is 10.1. The van der Waals surface area contributed by atoms with E-state index in [0.29, 0.717) is 6.61 Å². The van der Waals surface area contributed by atoms with E-state index >= 15 is 0 Å². The van der Waals surface area contributed by atoms with E-state index in [9.17, 15) is 0 Å². The first-order chi connectivity index (χ1) is 5.88. The molecule has 0 spiro atoms. The summed E-state index contributed by atoms with van der Waals surface area (Å²) in [5.41, 5.74) is 1.04. The Morgan fingerprint density at radius 2 is 2.08 bits per heavy atom. The molecule has 0 aliphatic carbocycles. The average Bonchev–Trinajstić information content (AvgIpc) is 2.15. The fourth-order valence-corrected chi connectivity index (χ4v) is 1.06. The van der Waals surface area contributed by atoms with Crippen molar-refractivity contribution in [3.63, 3.8) is 0 Å². The van der Waals surface area contributed by atoms with Gasteiger partial charge in [0.1, 0.15) is 6.10 Å². The van der Waals surface area contributed by atoms with Crippen molar-refractivity contribution in [2.24, 2.45) is 0 Å². The van der Waals surface area contributed by atoms with Crippen LogP contribution in [-0.2, 0) is 4.74 Å². The Kier molecular flexibility index (Phi) is 3.48. The maximum absolute atomic E-state index is 7.15. The van der Waals surface area contributed by atoms with Crippen LogP contribution in [0.1, 0.15) is 18.6 Å². The summed E-state index contributed by atoms with van der Waals surface area (Å²) in [6.07, 6.45) is 1.13. The van der Waals surface area contributed by atoms with Crippen molar-refractivity contribution in [2.45, 2.75) is 13.0 Å². The molecule has 0 fully saturated rings. The fourth-order valence-electron chi connectivity index (χ4n) is 1.06. The maximum Gasteiger partial charge on any atom is 0.117 e. The van der Waals surface area contributed by atoms with Crippen LogP contribution in [0, 0.1) is 5.41 Å². The molecule has 1 aromatic carbocycles. The van der Waals surface area contributed by atoms with Gasteiger partial charge in [-0.2, -0.15) is 0 Å². The maximum atomic E-state index is 7.15. The van der Waals surface area contributed by atoms with E-state index in [1.165, 1.54) is 6.21 Å². The third-order valence-corrected chi connectivity index (χ3v) is 1.63. The molecule has 2 nitrogen and oxygen atoms in total. The van der Waals surface area contributed by atoms with Crippen molar-refractivity contribution in [1.82, 2.24) is 0 Å². The van der Waals surface area contributed by atoms with E-state index in [1.54, 1.807) is 0 Å². The number of rotatable bonds is 4. The summed E-state index contributed by atoms with van der Waals surface area (Å²) in [7, 11) is 0. The summed E-state index contributed by atoms with van der Waals surface area (Å²) in [6.45, 7) is 2.56. The SMILES string of the molecule is CCOC(C=N)c1ccccc1. The van der Waals surface area contributed by atoms with Crippen LogP contribution in [-0.4, -0.2) is 12.8 Å². The first-order valence-corrected chi connectivity index (χ1v) is 4.05. The molecule has 0 aromatic heterocycles. The average molecular weight is 163 g/mol. The summed E-state index contributed by atoms with van der Waals surface area (Å²) in [5, 5.41) is 7.15. The van der Waals surface area contributed by atoms with Crippen molar-refractivity contribution in [3.05, 3.63) is 35.9 Å². The van der Waals surface area contributed by atoms with Gasteiger partial charge in [-0.05, 0) is 12.5 Å². The zero-order valence-electron chi connectivity index (χ0n) is 7.16. The third-order valence-electron chi connectivity index (χ3n) is 1.63. The van der Waals surface area contributed by atoms with Crippen molar-refractivity contribution in [2.75, 3.05) is 6.61 Å². The Hall–Kier alpha value is -1.15. The Morgan fingerprint density at radius 1 is 1.42 bits per heavy atom. The van der Waals surface area contributed by atoms with E-state index in [-0.39, 0.29) is 6.10 Å². The summed E-state index contributed by atoms with van der Waals surface area (Å²) < 4.78 is 5.33. The molecule has 0 saturated carbocycles. The quantitative estimate of drug-likeness (QED) is 0.679. The normalized spacial score (nSPS) is 12.4. The van der Waals surface area contributed by atoms with Gasteiger partial charge in [-0.3, -0.25) is 0 Å². The topological polar surface area (TPSA) is 33.1 Å². The van der Waals surface area contributed by atoms with Crippen LogP contribution in [0.4, 0.5) is 0 Å². The second-order valence-electron chi connectivity index (χ2n) is 2.45. The van der Waals surface area contributed by atoms with Gasteiger partial charge in [-0.1, -0.05) is 30.3 Å². The second-order valence-corrected chi connectivity index (χ2v) is 2.45. The molecule has 1 rings (SSSR count). The molecule has 12 heavy (non-hydrogen) atoms. The summed E-state index contributed by atoms with van der Waals surface area (Å²) in [6, 6.07) is 9.78. The van der Waals surface area contributed by atoms with Crippen LogP contribution in [0.5, 0.6) is 0 Å². The van der Waals surface area contributed by atoms with E-state index in [1.807, 2.05) is 37.3 Å². The molecule has 0 aliphatic rings. The van der Waals surface area contributed by atoms with Crippen molar-refractivity contribution >= 4 is 6.21 Å². The minimum absolute atomic E-state index is 0.184. The first kappa shape index (κ1) is 8.94. The standard InChI is InChI=1S/C10H13NO/c1-2-12-10(8-11)9-6-4-3-5-7-9/h3-8,10-11H,2H2,1H3. The van der Waals surface area contributed by atoms with Gasteiger partial charge < -0.3 is 10.1 Å². The number of hydrogen-bond donors (Lipinski definition) is 1. The molecule has 1 N–H and O–H groups in total. The van der Waals surface area contributed by atoms with E-state index in [4.69, 9.17) is 10.1 Å². The minimum atomic E-state index is -0.184. The Morgan fingerprint density at radius 3 is 2.58 bits per heavy atom. The molecule has 0 aliphatic heterocycles. The van der Waals surface area contributed by atoms with E-state index in [2.05, 4.69) is 0 Å². The predicted octanol–water partition coefficient (Wildman–Crippen LogP) is 2.41. The van der Waals surface area contributed by atoms with Crippen LogP contribution in [0.2, 0.25) is 0 Å². The summed E-state index contributed by atoms with van der Waals surface area (Å²) >= 11 is 0. The number of nitrogens with one attached hydrogen (secondary N) is 1. The lowest BCUT2D eigenvalue weighted by molar-refractivity contribution is 0.113. The number of hydrogen-bond acceptors (Lipinski definition) is 2. The Labute approximate surface area is 72.7 Å². The highest BCUT2D eigenvalue weighted by Gasteiger charge is 2.05. The van der Waals surface area contributed by atoms with Gasteiger partial charge in [0.05, 0.1) is 0 Å². The monoisotopic (exact) mass is 163 g/mol. The van der Waals surface area contributed by atoms with Gasteiger partial charge in [0, 0.05) is 12.8 Å². The second kappa shape index (κ2) is 4.67. The minimum Gasteiger partial charge on any atom is -0.368 e. The molecular formula is C10H13NO. The lowest BCUT2D eigenvalue weighted by Crippen LogP contribution is -2.04. The first-order valence-electron chi connectivity index (χ1n) is 4.05. The van der Waals surface area contributed by atoms with Crippen LogP contribution < -0.4 is 0 Å². The molecule has 0 radical (unpaired) electrons. The highest BCUT2D eigenvalue weighted by Crippen LogP contribution is 2.13. The van der Waals surface area contributed by atoms with Crippen molar-refractivity contribution in [3.8, 4) is 0 Å². The predicted molar refractivity (Wildman–Crippen MR) is 49.6 cm³/mol. The third kappa shape index (κ3) is 2.17. The molecule has 0 heterocycles. The van der Waals surface area contributed by atoms with Crippen LogP contribution >= 0.6 is 0 Å². The zero-order valence-corrected chi connectivity index (χ0v) is 7.16. The van der Waals surface area contributed by atoms with Crippen LogP contribution in [0.3, 0.4) is 0 Å². The van der Waals surface area contributed by atoms with Crippen LogP contribution in [0.25, 0.3) is 0 Å². The van der Waals surface area contributed by atoms with Gasteiger partial charge in [0.2, 0.25) is 0 Å². The Balaban J connectivity index is 2.73. The van der Waals surface area contributed by atoms with Gasteiger partial charge >= 0.3 is 0 Å². The molecule has 1 aromatic rings. The number of ether oxygens (including phenoxy) is 1. The lowest BCUT2D eigenvalue weighted by Gasteiger charge is -2.10. The molecule has 0 saturated heterocycles. The highest BCUT2D eigenvalue weighted by atomic mass is 16.5. The molecule has 0 bridgehead atoms. The van der Waals surface area contributed by atoms with Crippen molar-refractivity contribution < 1.29 is 4.74 Å². The molecule has 1 unspecified atom stereocenters. The largest absolute Gasteiger partial charge is 0.368 e. The van der Waals surface area contributed by atoms with Gasteiger partial charge in [-0.25, -0.2) is 0 Å². The fraction of sp³-hybridized carbons (Fsp3) is 0.300. The summed E-state index contributed by atoms with van der Waals surface area (Å²) in [4.78, 5) is 0. The zero-order chi connectivity index (χ0) is 8.81. The van der Waals surface area contributed by atoms with E-state index < -0.39 is 0 Å². The molecule has 2 heteroatoms. The number of benzene rings is 1. The van der Waals surface area contributed by atoms with Crippen molar-refractivity contribution in [1.29, 1.82) is 5.41 Å². The van der Waals surface area contributed by atoms with Crippen LogP contribution in [0.15, 0.2) is 30.3 Å². The molecular weight excluding hydrogens is 150 g/mol. The van der Waals surface area contributed by atoms with Gasteiger partial charge in [-0.15, -0.1) is 0 Å².